The molecule has 0 heterocycles. The van der Waals surface area contributed by atoms with E-state index in [9.17, 15) is 4.79 Å². The Balaban J connectivity index is 2.60. The van der Waals surface area contributed by atoms with Crippen LogP contribution in [0.1, 0.15) is 46.5 Å². The Morgan fingerprint density at radius 2 is 2.17 bits per heavy atom. The molecule has 0 aromatic heterocycles. The SMILES string of the molecule is CCNC(C)(CN(C)C1CCCC(C)C1)C(N)=O. The molecule has 0 aromatic carbocycles. The maximum absolute atomic E-state index is 11.6. The topological polar surface area (TPSA) is 58.4 Å². The van der Waals surface area contributed by atoms with Crippen molar-refractivity contribution in [3.63, 3.8) is 0 Å². The second kappa shape index (κ2) is 6.53. The van der Waals surface area contributed by atoms with E-state index in [4.69, 9.17) is 5.73 Å². The molecule has 1 aliphatic rings. The molecule has 1 saturated carbocycles. The van der Waals surface area contributed by atoms with Crippen LogP contribution in [0.15, 0.2) is 0 Å². The summed E-state index contributed by atoms with van der Waals surface area (Å²) in [6.45, 7) is 7.67. The fraction of sp³-hybridized carbons (Fsp3) is 0.929. The molecule has 0 bridgehead atoms. The summed E-state index contributed by atoms with van der Waals surface area (Å²) in [5.74, 6) is 0.533. The van der Waals surface area contributed by atoms with Gasteiger partial charge in [0.15, 0.2) is 0 Å². The van der Waals surface area contributed by atoms with Gasteiger partial charge in [0.05, 0.1) is 0 Å². The van der Waals surface area contributed by atoms with Crippen LogP contribution in [0.4, 0.5) is 0 Å². The number of likely N-dealkylation sites (N-methyl/N-ethyl adjacent to an activating group) is 2. The molecule has 0 aliphatic heterocycles. The van der Waals surface area contributed by atoms with Crippen molar-refractivity contribution in [2.45, 2.75) is 58.0 Å². The Labute approximate surface area is 111 Å². The molecule has 1 fully saturated rings. The lowest BCUT2D eigenvalue weighted by Crippen LogP contribution is -2.60. The van der Waals surface area contributed by atoms with Crippen LogP contribution >= 0.6 is 0 Å². The van der Waals surface area contributed by atoms with Gasteiger partial charge in [-0.15, -0.1) is 0 Å². The molecule has 106 valence electrons. The standard InChI is InChI=1S/C14H29N3O/c1-5-16-14(3,13(15)18)10-17(4)12-8-6-7-11(2)9-12/h11-12,16H,5-10H2,1-4H3,(H2,15,18). The normalized spacial score (nSPS) is 28.1. The van der Waals surface area contributed by atoms with Gasteiger partial charge in [0, 0.05) is 12.6 Å². The lowest BCUT2D eigenvalue weighted by molar-refractivity contribution is -0.124. The molecule has 3 N–H and O–H groups in total. The first-order valence-corrected chi connectivity index (χ1v) is 7.14. The molecule has 18 heavy (non-hydrogen) atoms. The van der Waals surface area contributed by atoms with Gasteiger partial charge in [-0.1, -0.05) is 26.7 Å². The summed E-state index contributed by atoms with van der Waals surface area (Å²) in [4.78, 5) is 13.9. The van der Waals surface area contributed by atoms with Gasteiger partial charge < -0.3 is 16.0 Å². The van der Waals surface area contributed by atoms with Gasteiger partial charge in [-0.05, 0) is 39.3 Å². The van der Waals surface area contributed by atoms with Crippen LogP contribution in [0.2, 0.25) is 0 Å². The summed E-state index contributed by atoms with van der Waals surface area (Å²) in [6, 6.07) is 0.589. The highest BCUT2D eigenvalue weighted by molar-refractivity contribution is 5.84. The third-order valence-electron chi connectivity index (χ3n) is 4.21. The summed E-state index contributed by atoms with van der Waals surface area (Å²) in [6.07, 6.45) is 5.11. The zero-order valence-corrected chi connectivity index (χ0v) is 12.3. The molecule has 0 spiro atoms. The monoisotopic (exact) mass is 255 g/mol. The molecule has 0 aromatic rings. The van der Waals surface area contributed by atoms with Crippen LogP contribution < -0.4 is 11.1 Å². The quantitative estimate of drug-likeness (QED) is 0.753. The number of carbonyl (C=O) groups excluding carboxylic acids is 1. The lowest BCUT2D eigenvalue weighted by atomic mass is 9.85. The number of amides is 1. The molecular weight excluding hydrogens is 226 g/mol. The first-order chi connectivity index (χ1) is 8.39. The molecule has 4 heteroatoms. The van der Waals surface area contributed by atoms with E-state index in [1.807, 2.05) is 13.8 Å². The smallest absolute Gasteiger partial charge is 0.238 e. The zero-order chi connectivity index (χ0) is 13.8. The minimum absolute atomic E-state index is 0.264. The first kappa shape index (κ1) is 15.4. The van der Waals surface area contributed by atoms with Gasteiger partial charge in [0.25, 0.3) is 0 Å². The fourth-order valence-electron chi connectivity index (χ4n) is 3.04. The Bertz CT molecular complexity index is 282. The van der Waals surface area contributed by atoms with E-state index in [1.54, 1.807) is 0 Å². The average molecular weight is 255 g/mol. The number of nitrogens with two attached hydrogens (primary N) is 1. The largest absolute Gasteiger partial charge is 0.368 e. The molecule has 3 atom stereocenters. The Hall–Kier alpha value is -0.610. The molecular formula is C14H29N3O. The predicted octanol–water partition coefficient (Wildman–Crippen LogP) is 1.35. The van der Waals surface area contributed by atoms with Crippen molar-refractivity contribution >= 4 is 5.91 Å². The van der Waals surface area contributed by atoms with Crippen molar-refractivity contribution in [2.75, 3.05) is 20.1 Å². The number of nitrogens with one attached hydrogen (secondary N) is 1. The fourth-order valence-corrected chi connectivity index (χ4v) is 3.04. The van der Waals surface area contributed by atoms with Crippen LogP contribution in [0.5, 0.6) is 0 Å². The second-order valence-electron chi connectivity index (χ2n) is 6.07. The summed E-state index contributed by atoms with van der Waals surface area (Å²) in [5, 5.41) is 3.22. The summed E-state index contributed by atoms with van der Waals surface area (Å²) >= 11 is 0. The van der Waals surface area contributed by atoms with E-state index in [0.29, 0.717) is 12.6 Å². The van der Waals surface area contributed by atoms with Crippen LogP contribution in [0, 0.1) is 5.92 Å². The van der Waals surface area contributed by atoms with Crippen molar-refractivity contribution in [1.29, 1.82) is 0 Å². The molecule has 4 nitrogen and oxygen atoms in total. The summed E-state index contributed by atoms with van der Waals surface area (Å²) in [5.41, 5.74) is 4.91. The summed E-state index contributed by atoms with van der Waals surface area (Å²) < 4.78 is 0. The van der Waals surface area contributed by atoms with E-state index in [2.05, 4.69) is 24.2 Å². The number of carbonyl (C=O) groups is 1. The van der Waals surface area contributed by atoms with Crippen LogP contribution in [-0.4, -0.2) is 42.5 Å². The Morgan fingerprint density at radius 3 is 2.67 bits per heavy atom. The molecule has 1 aliphatic carbocycles. The van der Waals surface area contributed by atoms with Gasteiger partial charge in [0.1, 0.15) is 5.54 Å². The summed E-state index contributed by atoms with van der Waals surface area (Å²) in [7, 11) is 2.11. The average Bonchev–Trinajstić information content (AvgIpc) is 2.29. The van der Waals surface area contributed by atoms with Crippen LogP contribution in [0.25, 0.3) is 0 Å². The minimum Gasteiger partial charge on any atom is -0.368 e. The minimum atomic E-state index is -0.621. The zero-order valence-electron chi connectivity index (χ0n) is 12.3. The maximum Gasteiger partial charge on any atom is 0.238 e. The molecule has 0 radical (unpaired) electrons. The van der Waals surface area contributed by atoms with Crippen molar-refractivity contribution in [1.82, 2.24) is 10.2 Å². The molecule has 1 amide bonds. The van der Waals surface area contributed by atoms with Gasteiger partial charge in [0.2, 0.25) is 5.91 Å². The predicted molar refractivity (Wildman–Crippen MR) is 75.3 cm³/mol. The lowest BCUT2D eigenvalue weighted by Gasteiger charge is -2.39. The van der Waals surface area contributed by atoms with Crippen molar-refractivity contribution < 1.29 is 4.79 Å². The van der Waals surface area contributed by atoms with Crippen molar-refractivity contribution in [2.24, 2.45) is 11.7 Å². The van der Waals surface area contributed by atoms with Gasteiger partial charge in [-0.3, -0.25) is 4.79 Å². The third-order valence-corrected chi connectivity index (χ3v) is 4.21. The van der Waals surface area contributed by atoms with E-state index in [0.717, 1.165) is 12.5 Å². The number of rotatable bonds is 6. The third kappa shape index (κ3) is 3.95. The van der Waals surface area contributed by atoms with Gasteiger partial charge in [-0.2, -0.15) is 0 Å². The van der Waals surface area contributed by atoms with Gasteiger partial charge >= 0.3 is 0 Å². The van der Waals surface area contributed by atoms with Crippen LogP contribution in [-0.2, 0) is 4.79 Å². The van der Waals surface area contributed by atoms with E-state index in [-0.39, 0.29) is 5.91 Å². The number of primary amides is 1. The maximum atomic E-state index is 11.6. The van der Waals surface area contributed by atoms with Crippen molar-refractivity contribution in [3.05, 3.63) is 0 Å². The number of hydrogen-bond donors (Lipinski definition) is 2. The van der Waals surface area contributed by atoms with E-state index in [1.165, 1.54) is 25.7 Å². The van der Waals surface area contributed by atoms with Gasteiger partial charge in [-0.25, -0.2) is 0 Å². The molecule has 3 unspecified atom stereocenters. The number of nitrogens with zero attached hydrogens (tertiary/aromatic N) is 1. The van der Waals surface area contributed by atoms with Crippen molar-refractivity contribution in [3.8, 4) is 0 Å². The Morgan fingerprint density at radius 1 is 1.50 bits per heavy atom. The van der Waals surface area contributed by atoms with E-state index < -0.39 is 5.54 Å². The second-order valence-corrected chi connectivity index (χ2v) is 6.07. The highest BCUT2D eigenvalue weighted by Crippen LogP contribution is 2.27. The van der Waals surface area contributed by atoms with Crippen LogP contribution in [0.3, 0.4) is 0 Å². The number of hydrogen-bond acceptors (Lipinski definition) is 3. The highest BCUT2D eigenvalue weighted by Gasteiger charge is 2.34. The molecule has 0 saturated heterocycles. The Kier molecular flexibility index (Phi) is 5.60. The highest BCUT2D eigenvalue weighted by atomic mass is 16.1. The van der Waals surface area contributed by atoms with E-state index >= 15 is 0 Å². The molecule has 1 rings (SSSR count). The first-order valence-electron chi connectivity index (χ1n) is 7.14.